The number of unbranched alkanes of at least 4 members (excludes halogenated alkanes) is 1. The molecule has 2 atom stereocenters. The molecule has 0 radical (unpaired) electrons. The summed E-state index contributed by atoms with van der Waals surface area (Å²) in [5.41, 5.74) is -0.469. The highest BCUT2D eigenvalue weighted by Crippen LogP contribution is 2.23. The van der Waals surface area contributed by atoms with E-state index in [9.17, 15) is 19.5 Å². The number of nitrogens with one attached hydrogen (secondary N) is 1. The molecule has 23 heavy (non-hydrogen) atoms. The number of carbonyl (C=O) groups excluding carboxylic acids is 2. The van der Waals surface area contributed by atoms with Gasteiger partial charge in [0.1, 0.15) is 6.04 Å². The van der Waals surface area contributed by atoms with E-state index in [2.05, 4.69) is 5.32 Å². The Hall–Kier alpha value is -1.59. The zero-order valence-electron chi connectivity index (χ0n) is 14.7. The standard InChI is InChI=1S/C17H30N2O4/c1-5-6-9-13(15(21)22)18-14(20)12-8-7-10-19(11-12)16(23)17(2,3)4/h12-13H,5-11H2,1-4H3,(H,18,20)(H,21,22). The number of rotatable bonds is 6. The number of nitrogens with zero attached hydrogens (tertiary/aromatic N) is 1. The Morgan fingerprint density at radius 1 is 1.30 bits per heavy atom. The van der Waals surface area contributed by atoms with Crippen LogP contribution in [0.25, 0.3) is 0 Å². The molecular formula is C17H30N2O4. The van der Waals surface area contributed by atoms with Gasteiger partial charge in [-0.25, -0.2) is 4.79 Å². The van der Waals surface area contributed by atoms with E-state index in [1.807, 2.05) is 27.7 Å². The second-order valence-electron chi connectivity index (χ2n) is 7.38. The first-order valence-corrected chi connectivity index (χ1v) is 8.49. The van der Waals surface area contributed by atoms with Gasteiger partial charge in [-0.2, -0.15) is 0 Å². The van der Waals surface area contributed by atoms with Crippen LogP contribution < -0.4 is 5.32 Å². The van der Waals surface area contributed by atoms with Gasteiger partial charge in [-0.15, -0.1) is 0 Å². The van der Waals surface area contributed by atoms with Crippen molar-refractivity contribution >= 4 is 17.8 Å². The van der Waals surface area contributed by atoms with Gasteiger partial charge in [-0.05, 0) is 19.3 Å². The highest BCUT2D eigenvalue weighted by atomic mass is 16.4. The molecule has 1 fully saturated rings. The summed E-state index contributed by atoms with van der Waals surface area (Å²) in [5, 5.41) is 11.9. The lowest BCUT2D eigenvalue weighted by Gasteiger charge is -2.36. The molecule has 1 aliphatic heterocycles. The summed E-state index contributed by atoms with van der Waals surface area (Å²) in [6.45, 7) is 8.62. The lowest BCUT2D eigenvalue weighted by atomic mass is 9.90. The van der Waals surface area contributed by atoms with E-state index < -0.39 is 17.4 Å². The van der Waals surface area contributed by atoms with Gasteiger partial charge in [0.25, 0.3) is 0 Å². The van der Waals surface area contributed by atoms with Gasteiger partial charge >= 0.3 is 5.97 Å². The average molecular weight is 326 g/mol. The molecule has 0 aliphatic carbocycles. The third-order valence-corrected chi connectivity index (χ3v) is 4.18. The van der Waals surface area contributed by atoms with Crippen molar-refractivity contribution in [1.29, 1.82) is 0 Å². The smallest absolute Gasteiger partial charge is 0.326 e. The van der Waals surface area contributed by atoms with E-state index in [0.29, 0.717) is 25.9 Å². The molecule has 6 heteroatoms. The average Bonchev–Trinajstić information content (AvgIpc) is 2.49. The summed E-state index contributed by atoms with van der Waals surface area (Å²) in [7, 11) is 0. The molecular weight excluding hydrogens is 296 g/mol. The Morgan fingerprint density at radius 3 is 2.48 bits per heavy atom. The molecule has 0 aromatic heterocycles. The fraction of sp³-hybridized carbons (Fsp3) is 0.824. The van der Waals surface area contributed by atoms with Crippen molar-refractivity contribution < 1.29 is 19.5 Å². The fourth-order valence-electron chi connectivity index (χ4n) is 2.81. The highest BCUT2D eigenvalue weighted by molar-refractivity contribution is 5.86. The number of piperidine rings is 1. The lowest BCUT2D eigenvalue weighted by molar-refractivity contribution is -0.145. The van der Waals surface area contributed by atoms with Crippen LogP contribution in [0, 0.1) is 11.3 Å². The Morgan fingerprint density at radius 2 is 1.96 bits per heavy atom. The molecule has 1 rings (SSSR count). The van der Waals surface area contributed by atoms with Crippen molar-refractivity contribution in [1.82, 2.24) is 10.2 Å². The normalized spacial score (nSPS) is 20.0. The third-order valence-electron chi connectivity index (χ3n) is 4.18. The van der Waals surface area contributed by atoms with E-state index in [1.54, 1.807) is 4.90 Å². The SMILES string of the molecule is CCCCC(NC(=O)C1CCCN(C(=O)C(C)(C)C)C1)C(=O)O. The molecule has 6 nitrogen and oxygen atoms in total. The molecule has 1 aliphatic rings. The first-order chi connectivity index (χ1) is 10.7. The molecule has 2 amide bonds. The number of carboxylic acids is 1. The first kappa shape index (κ1) is 19.5. The van der Waals surface area contributed by atoms with Gasteiger partial charge in [-0.1, -0.05) is 40.5 Å². The Labute approximate surface area is 138 Å². The van der Waals surface area contributed by atoms with E-state index >= 15 is 0 Å². The third kappa shape index (κ3) is 5.84. The Kier molecular flexibility index (Phi) is 7.03. The lowest BCUT2D eigenvalue weighted by Crippen LogP contribution is -2.51. The molecule has 0 aromatic carbocycles. The number of carboxylic acid groups (broad SMARTS) is 1. The van der Waals surface area contributed by atoms with Crippen molar-refractivity contribution in [3.05, 3.63) is 0 Å². The monoisotopic (exact) mass is 326 g/mol. The largest absolute Gasteiger partial charge is 0.480 e. The maximum atomic E-state index is 12.4. The number of amides is 2. The topological polar surface area (TPSA) is 86.7 Å². The second-order valence-corrected chi connectivity index (χ2v) is 7.38. The first-order valence-electron chi connectivity index (χ1n) is 8.49. The van der Waals surface area contributed by atoms with Gasteiger partial charge in [0.05, 0.1) is 5.92 Å². The summed E-state index contributed by atoms with van der Waals surface area (Å²) in [6, 6.07) is -0.837. The van der Waals surface area contributed by atoms with E-state index in [-0.39, 0.29) is 17.7 Å². The zero-order valence-corrected chi connectivity index (χ0v) is 14.7. The van der Waals surface area contributed by atoms with Crippen molar-refractivity contribution in [2.45, 2.75) is 65.8 Å². The van der Waals surface area contributed by atoms with E-state index in [0.717, 1.165) is 19.3 Å². The van der Waals surface area contributed by atoms with E-state index in [4.69, 9.17) is 0 Å². The number of carbonyl (C=O) groups is 3. The quantitative estimate of drug-likeness (QED) is 0.782. The highest BCUT2D eigenvalue weighted by Gasteiger charge is 2.34. The van der Waals surface area contributed by atoms with Crippen LogP contribution in [-0.4, -0.2) is 46.9 Å². The summed E-state index contributed by atoms with van der Waals surface area (Å²) in [5.74, 6) is -1.53. The molecule has 2 N–H and O–H groups in total. The summed E-state index contributed by atoms with van der Waals surface area (Å²) in [4.78, 5) is 37.7. The fourth-order valence-corrected chi connectivity index (χ4v) is 2.81. The van der Waals surface area contributed by atoms with Gasteiger partial charge in [0.15, 0.2) is 0 Å². The minimum atomic E-state index is -0.995. The number of aliphatic carboxylic acids is 1. The van der Waals surface area contributed by atoms with Crippen LogP contribution in [0.15, 0.2) is 0 Å². The summed E-state index contributed by atoms with van der Waals surface area (Å²) < 4.78 is 0. The van der Waals surface area contributed by atoms with Crippen LogP contribution in [0.4, 0.5) is 0 Å². The van der Waals surface area contributed by atoms with Crippen LogP contribution >= 0.6 is 0 Å². The van der Waals surface area contributed by atoms with Crippen LogP contribution in [0.2, 0.25) is 0 Å². The van der Waals surface area contributed by atoms with Crippen molar-refractivity contribution in [3.63, 3.8) is 0 Å². The van der Waals surface area contributed by atoms with Crippen LogP contribution in [0.1, 0.15) is 59.8 Å². The Bertz CT molecular complexity index is 442. The number of hydrogen-bond donors (Lipinski definition) is 2. The molecule has 1 heterocycles. The zero-order chi connectivity index (χ0) is 17.6. The van der Waals surface area contributed by atoms with Crippen molar-refractivity contribution in [2.75, 3.05) is 13.1 Å². The maximum Gasteiger partial charge on any atom is 0.326 e. The molecule has 0 aromatic rings. The van der Waals surface area contributed by atoms with Crippen LogP contribution in [0.3, 0.4) is 0 Å². The minimum Gasteiger partial charge on any atom is -0.480 e. The van der Waals surface area contributed by atoms with Gasteiger partial charge in [0.2, 0.25) is 11.8 Å². The molecule has 1 saturated heterocycles. The van der Waals surface area contributed by atoms with Crippen molar-refractivity contribution in [2.24, 2.45) is 11.3 Å². The number of hydrogen-bond acceptors (Lipinski definition) is 3. The predicted octanol–water partition coefficient (Wildman–Crippen LogP) is 2.03. The van der Waals surface area contributed by atoms with Gasteiger partial charge in [0, 0.05) is 18.5 Å². The molecule has 2 unspecified atom stereocenters. The Balaban J connectivity index is 2.65. The number of likely N-dealkylation sites (tertiary alicyclic amines) is 1. The molecule has 132 valence electrons. The van der Waals surface area contributed by atoms with Gasteiger partial charge in [-0.3, -0.25) is 9.59 Å². The molecule has 0 saturated carbocycles. The van der Waals surface area contributed by atoms with Gasteiger partial charge < -0.3 is 15.3 Å². The maximum absolute atomic E-state index is 12.4. The summed E-state index contributed by atoms with van der Waals surface area (Å²) >= 11 is 0. The predicted molar refractivity (Wildman–Crippen MR) is 87.9 cm³/mol. The van der Waals surface area contributed by atoms with E-state index in [1.165, 1.54) is 0 Å². The summed E-state index contributed by atoms with van der Waals surface area (Å²) in [6.07, 6.45) is 3.55. The molecule has 0 bridgehead atoms. The van der Waals surface area contributed by atoms with Crippen LogP contribution in [0.5, 0.6) is 0 Å². The van der Waals surface area contributed by atoms with Crippen molar-refractivity contribution in [3.8, 4) is 0 Å². The second kappa shape index (κ2) is 8.31. The molecule has 0 spiro atoms. The van der Waals surface area contributed by atoms with Crippen LogP contribution in [-0.2, 0) is 14.4 Å². The minimum absolute atomic E-state index is 0.0377.